The Morgan fingerprint density at radius 2 is 2.17 bits per heavy atom. The van der Waals surface area contributed by atoms with Gasteiger partial charge in [-0.05, 0) is 37.1 Å². The maximum absolute atomic E-state index is 11.7. The van der Waals surface area contributed by atoms with E-state index in [9.17, 15) is 14.7 Å². The summed E-state index contributed by atoms with van der Waals surface area (Å²) in [6.45, 7) is 1.44. The average molecular weight is 248 g/mol. The first-order valence-electron chi connectivity index (χ1n) is 5.87. The molecular formula is C13H16N2O3. The van der Waals surface area contributed by atoms with Crippen molar-refractivity contribution >= 4 is 23.2 Å². The molecule has 5 heteroatoms. The Labute approximate surface area is 105 Å². The molecule has 96 valence electrons. The second-order valence-corrected chi connectivity index (χ2v) is 4.46. The van der Waals surface area contributed by atoms with Crippen LogP contribution < -0.4 is 10.2 Å². The second kappa shape index (κ2) is 4.78. The van der Waals surface area contributed by atoms with Crippen LogP contribution in [0, 0.1) is 0 Å². The van der Waals surface area contributed by atoms with E-state index in [1.165, 1.54) is 11.8 Å². The Hall–Kier alpha value is -1.88. The van der Waals surface area contributed by atoms with Crippen molar-refractivity contribution in [2.24, 2.45) is 0 Å². The number of nitrogens with one attached hydrogen (secondary N) is 1. The van der Waals surface area contributed by atoms with Gasteiger partial charge in [-0.15, -0.1) is 0 Å². The summed E-state index contributed by atoms with van der Waals surface area (Å²) in [4.78, 5) is 24.3. The third kappa shape index (κ3) is 2.36. The molecule has 1 aromatic rings. The summed E-state index contributed by atoms with van der Waals surface area (Å²) < 4.78 is 0. The van der Waals surface area contributed by atoms with Crippen LogP contribution in [0.3, 0.4) is 0 Å². The predicted octanol–water partition coefficient (Wildman–Crippen LogP) is 0.915. The topological polar surface area (TPSA) is 69.6 Å². The van der Waals surface area contributed by atoms with Gasteiger partial charge in [-0.2, -0.15) is 0 Å². The summed E-state index contributed by atoms with van der Waals surface area (Å²) in [7, 11) is 1.62. The maximum atomic E-state index is 11.7. The number of likely N-dealkylation sites (N-methyl/N-ethyl adjacent to an activating group) is 1. The van der Waals surface area contributed by atoms with Crippen molar-refractivity contribution in [3.8, 4) is 0 Å². The van der Waals surface area contributed by atoms with Gasteiger partial charge in [0.1, 0.15) is 6.10 Å². The standard InChI is InChI=1S/C13H16N2O3/c1-8(16)13(18)15(2)10-4-5-11-9(7-10)3-6-12(17)14-11/h4-5,7-8,16H,3,6H2,1-2H3,(H,14,17). The normalized spacial score (nSPS) is 15.6. The highest BCUT2D eigenvalue weighted by Gasteiger charge is 2.19. The zero-order valence-corrected chi connectivity index (χ0v) is 10.4. The molecule has 1 aliphatic heterocycles. The first-order valence-corrected chi connectivity index (χ1v) is 5.87. The smallest absolute Gasteiger partial charge is 0.255 e. The molecular weight excluding hydrogens is 232 g/mol. The number of benzene rings is 1. The summed E-state index contributed by atoms with van der Waals surface area (Å²) in [5.74, 6) is -0.335. The summed E-state index contributed by atoms with van der Waals surface area (Å²) in [5, 5.41) is 12.1. The number of aryl methyl sites for hydroxylation is 1. The molecule has 0 aromatic heterocycles. The van der Waals surface area contributed by atoms with E-state index in [-0.39, 0.29) is 11.8 Å². The zero-order valence-electron chi connectivity index (χ0n) is 10.4. The van der Waals surface area contributed by atoms with Crippen molar-refractivity contribution in [1.82, 2.24) is 0 Å². The van der Waals surface area contributed by atoms with Gasteiger partial charge in [0.25, 0.3) is 5.91 Å². The van der Waals surface area contributed by atoms with E-state index in [1.54, 1.807) is 19.2 Å². The van der Waals surface area contributed by atoms with Crippen LogP contribution in [0.1, 0.15) is 18.9 Å². The first-order chi connectivity index (χ1) is 8.49. The monoisotopic (exact) mass is 248 g/mol. The highest BCUT2D eigenvalue weighted by atomic mass is 16.3. The lowest BCUT2D eigenvalue weighted by Crippen LogP contribution is -2.34. The summed E-state index contributed by atoms with van der Waals surface area (Å²) >= 11 is 0. The van der Waals surface area contributed by atoms with Crippen LogP contribution >= 0.6 is 0 Å². The highest BCUT2D eigenvalue weighted by Crippen LogP contribution is 2.27. The molecule has 1 atom stereocenters. The van der Waals surface area contributed by atoms with Crippen molar-refractivity contribution in [3.05, 3.63) is 23.8 Å². The fraction of sp³-hybridized carbons (Fsp3) is 0.385. The number of aliphatic hydroxyl groups excluding tert-OH is 1. The number of anilines is 2. The van der Waals surface area contributed by atoms with E-state index in [2.05, 4.69) is 5.32 Å². The molecule has 0 aliphatic carbocycles. The molecule has 1 heterocycles. The van der Waals surface area contributed by atoms with Crippen LogP contribution in [-0.2, 0) is 16.0 Å². The molecule has 2 rings (SSSR count). The van der Waals surface area contributed by atoms with Gasteiger partial charge >= 0.3 is 0 Å². The molecule has 0 radical (unpaired) electrons. The van der Waals surface area contributed by atoms with Crippen LogP contribution in [0.15, 0.2) is 18.2 Å². The van der Waals surface area contributed by atoms with Crippen LogP contribution in [-0.4, -0.2) is 30.1 Å². The van der Waals surface area contributed by atoms with Gasteiger partial charge in [0.2, 0.25) is 5.91 Å². The number of rotatable bonds is 2. The van der Waals surface area contributed by atoms with E-state index in [1.807, 2.05) is 6.07 Å². The molecule has 1 aromatic carbocycles. The van der Waals surface area contributed by atoms with Gasteiger partial charge in [-0.3, -0.25) is 9.59 Å². The second-order valence-electron chi connectivity index (χ2n) is 4.46. The van der Waals surface area contributed by atoms with Crippen LogP contribution in [0.25, 0.3) is 0 Å². The number of carbonyl (C=O) groups excluding carboxylic acids is 2. The fourth-order valence-electron chi connectivity index (χ4n) is 1.99. The maximum Gasteiger partial charge on any atom is 0.255 e. The lowest BCUT2D eigenvalue weighted by Gasteiger charge is -2.22. The lowest BCUT2D eigenvalue weighted by molar-refractivity contribution is -0.125. The molecule has 18 heavy (non-hydrogen) atoms. The summed E-state index contributed by atoms with van der Waals surface area (Å²) in [6, 6.07) is 5.41. The number of amides is 2. The molecule has 0 saturated heterocycles. The number of hydrogen-bond donors (Lipinski definition) is 2. The number of carbonyl (C=O) groups is 2. The predicted molar refractivity (Wildman–Crippen MR) is 68.5 cm³/mol. The van der Waals surface area contributed by atoms with Crippen LogP contribution in [0.5, 0.6) is 0 Å². The molecule has 0 fully saturated rings. The number of hydrogen-bond acceptors (Lipinski definition) is 3. The van der Waals surface area contributed by atoms with Crippen molar-refractivity contribution in [2.75, 3.05) is 17.3 Å². The van der Waals surface area contributed by atoms with Gasteiger partial charge in [-0.25, -0.2) is 0 Å². The molecule has 0 spiro atoms. The molecule has 1 unspecified atom stereocenters. The Bertz CT molecular complexity index is 497. The Balaban J connectivity index is 2.26. The van der Waals surface area contributed by atoms with Gasteiger partial charge in [-0.1, -0.05) is 0 Å². The zero-order chi connectivity index (χ0) is 13.3. The van der Waals surface area contributed by atoms with Crippen LogP contribution in [0.2, 0.25) is 0 Å². The minimum atomic E-state index is -1.02. The first kappa shape index (κ1) is 12.6. The van der Waals surface area contributed by atoms with E-state index < -0.39 is 6.10 Å². The quantitative estimate of drug-likeness (QED) is 0.817. The Morgan fingerprint density at radius 1 is 1.44 bits per heavy atom. The molecule has 2 amide bonds. The molecule has 0 bridgehead atoms. The average Bonchev–Trinajstić information content (AvgIpc) is 2.36. The van der Waals surface area contributed by atoms with Crippen LogP contribution in [0.4, 0.5) is 11.4 Å². The van der Waals surface area contributed by atoms with E-state index >= 15 is 0 Å². The van der Waals surface area contributed by atoms with Crippen molar-refractivity contribution in [3.63, 3.8) is 0 Å². The molecule has 1 aliphatic rings. The largest absolute Gasteiger partial charge is 0.384 e. The van der Waals surface area contributed by atoms with Crippen molar-refractivity contribution in [2.45, 2.75) is 25.9 Å². The fourth-order valence-corrected chi connectivity index (χ4v) is 1.99. The molecule has 0 saturated carbocycles. The number of nitrogens with zero attached hydrogens (tertiary/aromatic N) is 1. The lowest BCUT2D eigenvalue weighted by atomic mass is 10.0. The Morgan fingerprint density at radius 3 is 2.83 bits per heavy atom. The third-order valence-electron chi connectivity index (χ3n) is 3.06. The number of aliphatic hydroxyl groups is 1. The van der Waals surface area contributed by atoms with Crippen molar-refractivity contribution in [1.29, 1.82) is 0 Å². The van der Waals surface area contributed by atoms with E-state index in [4.69, 9.17) is 0 Å². The van der Waals surface area contributed by atoms with Gasteiger partial charge in [0, 0.05) is 24.8 Å². The summed E-state index contributed by atoms with van der Waals surface area (Å²) in [5.41, 5.74) is 2.53. The van der Waals surface area contributed by atoms with E-state index in [0.717, 1.165) is 16.9 Å². The third-order valence-corrected chi connectivity index (χ3v) is 3.06. The molecule has 5 nitrogen and oxygen atoms in total. The number of fused-ring (bicyclic) bond motifs is 1. The minimum Gasteiger partial charge on any atom is -0.384 e. The molecule has 2 N–H and O–H groups in total. The Kier molecular flexibility index (Phi) is 3.34. The summed E-state index contributed by atoms with van der Waals surface area (Å²) in [6.07, 6.45) is 0.113. The van der Waals surface area contributed by atoms with Gasteiger partial charge in [0.05, 0.1) is 0 Å². The minimum absolute atomic E-state index is 0.0173. The SMILES string of the molecule is CC(O)C(=O)N(C)c1ccc2c(c1)CCC(=O)N2. The highest BCUT2D eigenvalue weighted by molar-refractivity contribution is 5.97. The van der Waals surface area contributed by atoms with Gasteiger partial charge in [0.15, 0.2) is 0 Å². The van der Waals surface area contributed by atoms with E-state index in [0.29, 0.717) is 12.8 Å². The van der Waals surface area contributed by atoms with Gasteiger partial charge < -0.3 is 15.3 Å². The van der Waals surface area contributed by atoms with Crippen molar-refractivity contribution < 1.29 is 14.7 Å².